The van der Waals surface area contributed by atoms with E-state index in [4.69, 9.17) is 25.8 Å². The molecule has 4 rings (SSSR count). The van der Waals surface area contributed by atoms with Crippen LogP contribution in [0.15, 0.2) is 48.5 Å². The molecule has 2 heterocycles. The quantitative estimate of drug-likeness (QED) is 0.547. The molecule has 2 fully saturated rings. The first kappa shape index (κ1) is 25.3. The average Bonchev–Trinajstić information content (AvgIpc) is 2.88. The van der Waals surface area contributed by atoms with Crippen molar-refractivity contribution in [1.29, 1.82) is 0 Å². The van der Waals surface area contributed by atoms with Crippen LogP contribution in [0.25, 0.3) is 0 Å². The van der Waals surface area contributed by atoms with Crippen molar-refractivity contribution in [3.05, 3.63) is 59.4 Å². The van der Waals surface area contributed by atoms with Crippen molar-refractivity contribution in [2.24, 2.45) is 5.41 Å². The Morgan fingerprint density at radius 3 is 2.29 bits per heavy atom. The smallest absolute Gasteiger partial charge is 0.260 e. The summed E-state index contributed by atoms with van der Waals surface area (Å²) in [6.45, 7) is 3.47. The molecule has 2 aliphatic rings. The van der Waals surface area contributed by atoms with Gasteiger partial charge in [-0.25, -0.2) is 4.39 Å². The molecule has 0 spiro atoms. The average molecular weight is 505 g/mol. The molecule has 0 N–H and O–H groups in total. The van der Waals surface area contributed by atoms with Crippen LogP contribution in [0.5, 0.6) is 11.5 Å². The third-order valence-electron chi connectivity index (χ3n) is 6.58. The van der Waals surface area contributed by atoms with Gasteiger partial charge in [-0.3, -0.25) is 9.59 Å². The lowest BCUT2D eigenvalue weighted by molar-refractivity contribution is -0.141. The van der Waals surface area contributed by atoms with Gasteiger partial charge < -0.3 is 24.0 Å². The molecular weight excluding hydrogens is 475 g/mol. The van der Waals surface area contributed by atoms with Crippen LogP contribution in [0.2, 0.25) is 5.02 Å². The zero-order valence-electron chi connectivity index (χ0n) is 19.6. The number of piperidine rings is 1. The Morgan fingerprint density at radius 1 is 0.914 bits per heavy atom. The number of amides is 2. The number of nitrogens with zero attached hydrogens (tertiary/aromatic N) is 2. The number of hydrogen-bond donors (Lipinski definition) is 0. The summed E-state index contributed by atoms with van der Waals surface area (Å²) in [4.78, 5) is 29.4. The van der Waals surface area contributed by atoms with Gasteiger partial charge in [-0.2, -0.15) is 0 Å². The van der Waals surface area contributed by atoms with Crippen LogP contribution >= 0.6 is 11.6 Å². The number of morpholine rings is 1. The van der Waals surface area contributed by atoms with Gasteiger partial charge in [-0.05, 0) is 49.2 Å². The van der Waals surface area contributed by atoms with E-state index in [0.717, 1.165) is 0 Å². The highest BCUT2D eigenvalue weighted by atomic mass is 35.5. The third kappa shape index (κ3) is 7.08. The fourth-order valence-electron chi connectivity index (χ4n) is 4.41. The first-order valence-corrected chi connectivity index (χ1v) is 12.2. The maximum Gasteiger partial charge on any atom is 0.260 e. The highest BCUT2D eigenvalue weighted by Gasteiger charge is 2.40. The van der Waals surface area contributed by atoms with Crippen molar-refractivity contribution in [2.45, 2.75) is 19.3 Å². The first-order chi connectivity index (χ1) is 16.9. The molecule has 2 saturated heterocycles. The van der Waals surface area contributed by atoms with Crippen molar-refractivity contribution in [2.75, 3.05) is 52.6 Å². The fraction of sp³-hybridized carbons (Fsp3) is 0.462. The number of halogens is 2. The molecule has 0 aromatic heterocycles. The van der Waals surface area contributed by atoms with Gasteiger partial charge in [0.25, 0.3) is 5.91 Å². The van der Waals surface area contributed by atoms with Crippen molar-refractivity contribution in [3.8, 4) is 11.5 Å². The number of hydrogen-bond acceptors (Lipinski definition) is 5. The van der Waals surface area contributed by atoms with E-state index in [1.54, 1.807) is 23.1 Å². The van der Waals surface area contributed by atoms with Crippen LogP contribution in [-0.4, -0.2) is 74.2 Å². The minimum atomic E-state index is -0.414. The fourth-order valence-corrected chi connectivity index (χ4v) is 4.53. The maximum absolute atomic E-state index is 13.4. The van der Waals surface area contributed by atoms with Crippen LogP contribution in [0, 0.1) is 11.2 Å². The molecule has 2 aromatic carbocycles. The molecule has 9 heteroatoms. The molecule has 35 heavy (non-hydrogen) atoms. The lowest BCUT2D eigenvalue weighted by Gasteiger charge is -2.42. The Bertz CT molecular complexity index is 1010. The summed E-state index contributed by atoms with van der Waals surface area (Å²) in [6.07, 6.45) is 1.60. The van der Waals surface area contributed by atoms with Crippen LogP contribution in [0.3, 0.4) is 0 Å². The van der Waals surface area contributed by atoms with Crippen LogP contribution < -0.4 is 9.47 Å². The minimum absolute atomic E-state index is 0.0854. The van der Waals surface area contributed by atoms with Gasteiger partial charge in [0, 0.05) is 49.1 Å². The summed E-state index contributed by atoms with van der Waals surface area (Å²) in [5, 5.41) is 0.627. The molecule has 2 aliphatic heterocycles. The van der Waals surface area contributed by atoms with Crippen LogP contribution in [-0.2, 0) is 14.3 Å². The molecule has 2 aromatic rings. The maximum atomic E-state index is 13.4. The monoisotopic (exact) mass is 504 g/mol. The van der Waals surface area contributed by atoms with Gasteiger partial charge in [-0.15, -0.1) is 0 Å². The minimum Gasteiger partial charge on any atom is -0.493 e. The number of benzene rings is 2. The van der Waals surface area contributed by atoms with E-state index >= 15 is 0 Å². The molecular formula is C26H30ClFN2O5. The van der Waals surface area contributed by atoms with Crippen molar-refractivity contribution in [1.82, 2.24) is 9.80 Å². The second kappa shape index (κ2) is 11.7. The van der Waals surface area contributed by atoms with E-state index in [2.05, 4.69) is 0 Å². The summed E-state index contributed by atoms with van der Waals surface area (Å²) in [7, 11) is 0. The van der Waals surface area contributed by atoms with Gasteiger partial charge in [0.15, 0.2) is 6.61 Å². The van der Waals surface area contributed by atoms with E-state index in [-0.39, 0.29) is 18.4 Å². The SMILES string of the molecule is O=C(COc1cccc(F)c1)N1CCC(COc2ccc(Cl)cc2)(CC(=O)N2CCOCC2)CC1. The van der Waals surface area contributed by atoms with Crippen LogP contribution in [0.1, 0.15) is 19.3 Å². The zero-order chi connectivity index (χ0) is 24.7. The highest BCUT2D eigenvalue weighted by molar-refractivity contribution is 6.30. The second-order valence-corrected chi connectivity index (χ2v) is 9.48. The number of ether oxygens (including phenoxy) is 3. The summed E-state index contributed by atoms with van der Waals surface area (Å²) in [5.41, 5.74) is -0.394. The number of likely N-dealkylation sites (tertiary alicyclic amines) is 1. The van der Waals surface area contributed by atoms with Gasteiger partial charge in [0.1, 0.15) is 17.3 Å². The predicted molar refractivity (Wildman–Crippen MR) is 129 cm³/mol. The van der Waals surface area contributed by atoms with E-state index in [9.17, 15) is 14.0 Å². The largest absolute Gasteiger partial charge is 0.493 e. The predicted octanol–water partition coefficient (Wildman–Crippen LogP) is 3.79. The zero-order valence-corrected chi connectivity index (χ0v) is 20.3. The number of carbonyl (C=O) groups is 2. The highest BCUT2D eigenvalue weighted by Crippen LogP contribution is 2.37. The molecule has 0 radical (unpaired) electrons. The Labute approximate surface area is 209 Å². The molecule has 0 saturated carbocycles. The molecule has 0 bridgehead atoms. The normalized spacial score (nSPS) is 17.7. The number of rotatable bonds is 8. The summed E-state index contributed by atoms with van der Waals surface area (Å²) in [6, 6.07) is 12.9. The molecule has 0 aliphatic carbocycles. The molecule has 7 nitrogen and oxygen atoms in total. The van der Waals surface area contributed by atoms with Crippen molar-refractivity contribution < 1.29 is 28.2 Å². The standard InChI is InChI=1S/C26H30ClFN2O5/c27-20-4-6-22(7-5-20)35-19-26(17-24(31)30-12-14-33-15-13-30)8-10-29(11-9-26)25(32)18-34-23-3-1-2-21(28)16-23/h1-7,16H,8-15,17-19H2. The molecule has 2 amide bonds. The topological polar surface area (TPSA) is 68.3 Å². The third-order valence-corrected chi connectivity index (χ3v) is 6.84. The summed E-state index contributed by atoms with van der Waals surface area (Å²) in [5.74, 6) is 0.512. The number of carbonyl (C=O) groups excluding carboxylic acids is 2. The van der Waals surface area contributed by atoms with E-state index in [1.807, 2.05) is 17.0 Å². The Morgan fingerprint density at radius 2 is 1.60 bits per heavy atom. The van der Waals surface area contributed by atoms with E-state index < -0.39 is 11.2 Å². The van der Waals surface area contributed by atoms with Crippen molar-refractivity contribution >= 4 is 23.4 Å². The van der Waals surface area contributed by atoms with Crippen molar-refractivity contribution in [3.63, 3.8) is 0 Å². The van der Waals surface area contributed by atoms with E-state index in [1.165, 1.54) is 18.2 Å². The summed E-state index contributed by atoms with van der Waals surface area (Å²) < 4.78 is 30.3. The van der Waals surface area contributed by atoms with Crippen LogP contribution in [0.4, 0.5) is 4.39 Å². The molecule has 188 valence electrons. The summed E-state index contributed by atoms with van der Waals surface area (Å²) >= 11 is 5.98. The van der Waals surface area contributed by atoms with Gasteiger partial charge in [0.05, 0.1) is 19.8 Å². The first-order valence-electron chi connectivity index (χ1n) is 11.8. The van der Waals surface area contributed by atoms with E-state index in [0.29, 0.717) is 81.8 Å². The van der Waals surface area contributed by atoms with Gasteiger partial charge in [0.2, 0.25) is 5.91 Å². The molecule has 0 atom stereocenters. The van der Waals surface area contributed by atoms with Gasteiger partial charge in [-0.1, -0.05) is 17.7 Å². The second-order valence-electron chi connectivity index (χ2n) is 9.04. The molecule has 0 unspecified atom stereocenters. The lowest BCUT2D eigenvalue weighted by atomic mass is 9.75. The van der Waals surface area contributed by atoms with Gasteiger partial charge >= 0.3 is 0 Å². The lowest BCUT2D eigenvalue weighted by Crippen LogP contribution is -2.50. The Balaban J connectivity index is 1.37. The Kier molecular flexibility index (Phi) is 8.46. The Hall–Kier alpha value is -2.84.